The average Bonchev–Trinajstić information content (AvgIpc) is 3.27. The van der Waals surface area contributed by atoms with Crippen molar-refractivity contribution in [2.45, 2.75) is 43.3 Å². The van der Waals surface area contributed by atoms with Crippen LogP contribution in [0.2, 0.25) is 0 Å². The molecule has 6 heteroatoms. The lowest BCUT2D eigenvalue weighted by molar-refractivity contribution is -0.00367. The van der Waals surface area contributed by atoms with E-state index in [1.165, 1.54) is 0 Å². The SMILES string of the molecule is COC1S[C@H](COCc2ccccc2)CC1OC(=O)c1ccc(C)cc1.OCc1ccccc1. The van der Waals surface area contributed by atoms with Gasteiger partial charge < -0.3 is 19.3 Å². The molecule has 1 saturated heterocycles. The summed E-state index contributed by atoms with van der Waals surface area (Å²) < 4.78 is 17.0. The lowest BCUT2D eigenvalue weighted by Crippen LogP contribution is -2.26. The van der Waals surface area contributed by atoms with Gasteiger partial charge in [-0.1, -0.05) is 78.4 Å². The standard InChI is InChI=1S/C21H24O4S.C7H8O/c1-15-8-10-17(11-9-15)20(22)25-19-12-18(26-21(19)23-2)14-24-13-16-6-4-3-5-7-16;8-6-7-4-2-1-3-5-7/h3-11,18-19,21H,12-14H2,1-2H3;1-5,8H,6H2/t18-,19?,21?;/m0./s1. The van der Waals surface area contributed by atoms with Crippen LogP contribution in [0.4, 0.5) is 0 Å². The van der Waals surface area contributed by atoms with Crippen molar-refractivity contribution in [1.29, 1.82) is 0 Å². The van der Waals surface area contributed by atoms with Crippen LogP contribution in [0.1, 0.15) is 33.5 Å². The fourth-order valence-corrected chi connectivity index (χ4v) is 4.79. The highest BCUT2D eigenvalue weighted by atomic mass is 32.2. The van der Waals surface area contributed by atoms with Crippen LogP contribution in [0.5, 0.6) is 0 Å². The number of benzene rings is 3. The maximum atomic E-state index is 12.4. The van der Waals surface area contributed by atoms with Crippen molar-refractivity contribution in [3.8, 4) is 0 Å². The Hall–Kier alpha value is -2.64. The van der Waals surface area contributed by atoms with Crippen LogP contribution in [0, 0.1) is 6.92 Å². The summed E-state index contributed by atoms with van der Waals surface area (Å²) in [7, 11) is 1.65. The molecule has 180 valence electrons. The highest BCUT2D eigenvalue weighted by molar-refractivity contribution is 8.00. The van der Waals surface area contributed by atoms with Gasteiger partial charge in [0.1, 0.15) is 11.5 Å². The van der Waals surface area contributed by atoms with Gasteiger partial charge in [-0.15, -0.1) is 11.8 Å². The first-order valence-electron chi connectivity index (χ1n) is 11.3. The first-order chi connectivity index (χ1) is 16.6. The molecule has 0 aromatic heterocycles. The van der Waals surface area contributed by atoms with Crippen molar-refractivity contribution in [3.63, 3.8) is 0 Å². The van der Waals surface area contributed by atoms with Crippen LogP contribution in [0.25, 0.3) is 0 Å². The summed E-state index contributed by atoms with van der Waals surface area (Å²) in [5, 5.41) is 8.79. The molecule has 1 fully saturated rings. The molecule has 34 heavy (non-hydrogen) atoms. The molecule has 0 aliphatic carbocycles. The Labute approximate surface area is 206 Å². The zero-order valence-electron chi connectivity index (χ0n) is 19.6. The number of aliphatic hydroxyl groups is 1. The number of aliphatic hydroxyl groups excluding tert-OH is 1. The maximum absolute atomic E-state index is 12.4. The predicted molar refractivity (Wildman–Crippen MR) is 136 cm³/mol. The third-order valence-electron chi connectivity index (χ3n) is 5.34. The molecule has 0 saturated carbocycles. The highest BCUT2D eigenvalue weighted by Crippen LogP contribution is 2.37. The highest BCUT2D eigenvalue weighted by Gasteiger charge is 2.38. The monoisotopic (exact) mass is 480 g/mol. The number of carbonyl (C=O) groups is 1. The Bertz CT molecular complexity index is 979. The number of carbonyl (C=O) groups excluding carboxylic acids is 1. The van der Waals surface area contributed by atoms with E-state index in [2.05, 4.69) is 0 Å². The number of ether oxygens (including phenoxy) is 3. The molecule has 1 N–H and O–H groups in total. The van der Waals surface area contributed by atoms with E-state index in [4.69, 9.17) is 19.3 Å². The summed E-state index contributed by atoms with van der Waals surface area (Å²) in [6.45, 7) is 3.33. The summed E-state index contributed by atoms with van der Waals surface area (Å²) in [6.07, 6.45) is 0.472. The van der Waals surface area contributed by atoms with Crippen LogP contribution in [-0.4, -0.2) is 41.6 Å². The Balaban J connectivity index is 0.000000343. The summed E-state index contributed by atoms with van der Waals surface area (Å²) in [6, 6.07) is 27.0. The number of methoxy groups -OCH3 is 1. The molecule has 1 heterocycles. The molecule has 4 rings (SSSR count). The van der Waals surface area contributed by atoms with E-state index in [9.17, 15) is 4.79 Å². The Morgan fingerprint density at radius 2 is 1.56 bits per heavy atom. The zero-order chi connectivity index (χ0) is 24.2. The molecule has 1 aliphatic rings. The van der Waals surface area contributed by atoms with Gasteiger partial charge in [0.05, 0.1) is 25.4 Å². The minimum Gasteiger partial charge on any atom is -0.455 e. The van der Waals surface area contributed by atoms with Gasteiger partial charge in [0.15, 0.2) is 0 Å². The number of rotatable bonds is 8. The molecule has 3 aromatic rings. The van der Waals surface area contributed by atoms with E-state index in [0.717, 1.165) is 23.1 Å². The summed E-state index contributed by atoms with van der Waals surface area (Å²) in [5.41, 5.74) is 3.64. The Morgan fingerprint density at radius 3 is 2.12 bits per heavy atom. The first kappa shape index (κ1) is 26.0. The fourth-order valence-electron chi connectivity index (χ4n) is 3.48. The van der Waals surface area contributed by atoms with Gasteiger partial charge in [0.2, 0.25) is 0 Å². The minimum atomic E-state index is -0.302. The van der Waals surface area contributed by atoms with E-state index < -0.39 is 0 Å². The smallest absolute Gasteiger partial charge is 0.338 e. The van der Waals surface area contributed by atoms with Crippen LogP contribution < -0.4 is 0 Å². The fraction of sp³-hybridized carbons (Fsp3) is 0.321. The van der Waals surface area contributed by atoms with Gasteiger partial charge in [-0.3, -0.25) is 0 Å². The number of thioether (sulfide) groups is 1. The second-order valence-electron chi connectivity index (χ2n) is 8.05. The predicted octanol–water partition coefficient (Wildman–Crippen LogP) is 5.39. The number of hydrogen-bond acceptors (Lipinski definition) is 6. The van der Waals surface area contributed by atoms with Gasteiger partial charge in [0, 0.05) is 18.8 Å². The molecule has 5 nitrogen and oxygen atoms in total. The normalized spacial score (nSPS) is 19.2. The molecular formula is C28H32O5S. The van der Waals surface area contributed by atoms with E-state index in [1.54, 1.807) is 31.0 Å². The molecule has 0 spiro atoms. The van der Waals surface area contributed by atoms with Gasteiger partial charge >= 0.3 is 5.97 Å². The zero-order valence-corrected chi connectivity index (χ0v) is 20.4. The first-order valence-corrected chi connectivity index (χ1v) is 12.3. The number of hydrogen-bond donors (Lipinski definition) is 1. The molecule has 0 bridgehead atoms. The van der Waals surface area contributed by atoms with Gasteiger partial charge in [0.25, 0.3) is 0 Å². The molecule has 3 aromatic carbocycles. The summed E-state index contributed by atoms with van der Waals surface area (Å²) >= 11 is 1.67. The Kier molecular flexibility index (Phi) is 10.6. The number of aryl methyl sites for hydroxylation is 1. The van der Waals surface area contributed by atoms with E-state index in [-0.39, 0.29) is 29.4 Å². The van der Waals surface area contributed by atoms with Crippen molar-refractivity contribution in [3.05, 3.63) is 107 Å². The van der Waals surface area contributed by atoms with Gasteiger partial charge in [-0.2, -0.15) is 0 Å². The summed E-state index contributed by atoms with van der Waals surface area (Å²) in [4.78, 5) is 12.4. The van der Waals surface area contributed by atoms with Crippen LogP contribution in [-0.2, 0) is 27.4 Å². The summed E-state index contributed by atoms with van der Waals surface area (Å²) in [5.74, 6) is -0.302. The minimum absolute atomic E-state index is 0.140. The third kappa shape index (κ3) is 8.29. The third-order valence-corrected chi connectivity index (χ3v) is 6.82. The molecule has 2 unspecified atom stereocenters. The molecule has 0 amide bonds. The molecule has 0 radical (unpaired) electrons. The van der Waals surface area contributed by atoms with E-state index in [1.807, 2.05) is 79.7 Å². The van der Waals surface area contributed by atoms with Crippen LogP contribution >= 0.6 is 11.8 Å². The molecule has 3 atom stereocenters. The lowest BCUT2D eigenvalue weighted by Gasteiger charge is -2.17. The number of esters is 1. The van der Waals surface area contributed by atoms with Crippen LogP contribution in [0.3, 0.4) is 0 Å². The van der Waals surface area contributed by atoms with Crippen molar-refractivity contribution in [1.82, 2.24) is 0 Å². The maximum Gasteiger partial charge on any atom is 0.338 e. The van der Waals surface area contributed by atoms with Gasteiger partial charge in [-0.05, 0) is 30.2 Å². The molecule has 1 aliphatic heterocycles. The van der Waals surface area contributed by atoms with E-state index >= 15 is 0 Å². The lowest BCUT2D eigenvalue weighted by atomic mass is 10.1. The van der Waals surface area contributed by atoms with Crippen molar-refractivity contribution in [2.75, 3.05) is 13.7 Å². The topological polar surface area (TPSA) is 65.0 Å². The second-order valence-corrected chi connectivity index (χ2v) is 9.46. The van der Waals surface area contributed by atoms with Crippen molar-refractivity contribution in [2.24, 2.45) is 0 Å². The largest absolute Gasteiger partial charge is 0.455 e. The van der Waals surface area contributed by atoms with Crippen molar-refractivity contribution >= 4 is 17.7 Å². The van der Waals surface area contributed by atoms with Crippen molar-refractivity contribution < 1.29 is 24.1 Å². The Morgan fingerprint density at radius 1 is 0.941 bits per heavy atom. The van der Waals surface area contributed by atoms with E-state index in [0.29, 0.717) is 18.8 Å². The van der Waals surface area contributed by atoms with Crippen LogP contribution in [0.15, 0.2) is 84.9 Å². The quantitative estimate of drug-likeness (QED) is 0.436. The average molecular weight is 481 g/mol. The van der Waals surface area contributed by atoms with Gasteiger partial charge in [-0.25, -0.2) is 4.79 Å². The molecular weight excluding hydrogens is 448 g/mol. The second kappa shape index (κ2) is 13.9.